The predicted octanol–water partition coefficient (Wildman–Crippen LogP) is 1.72. The van der Waals surface area contributed by atoms with E-state index in [1.807, 2.05) is 0 Å². The first kappa shape index (κ1) is 11.0. The van der Waals surface area contributed by atoms with Crippen LogP contribution in [0.2, 0.25) is 0 Å². The van der Waals surface area contributed by atoms with Crippen molar-refractivity contribution in [3.8, 4) is 0 Å². The van der Waals surface area contributed by atoms with Gasteiger partial charge in [0.1, 0.15) is 0 Å². The van der Waals surface area contributed by atoms with E-state index in [4.69, 9.17) is 0 Å². The maximum absolute atomic E-state index is 3.48. The third-order valence-corrected chi connectivity index (χ3v) is 3.12. The summed E-state index contributed by atoms with van der Waals surface area (Å²) in [5.41, 5.74) is 0. The lowest BCUT2D eigenvalue weighted by atomic mass is 10.0. The van der Waals surface area contributed by atoms with Gasteiger partial charge in [0.25, 0.3) is 0 Å². The van der Waals surface area contributed by atoms with Gasteiger partial charge in [-0.05, 0) is 12.8 Å². The molecule has 2 heteroatoms. The average Bonchev–Trinajstić information content (AvgIpc) is 2.14. The summed E-state index contributed by atoms with van der Waals surface area (Å²) in [6.07, 6.45) is 2.66. The Hall–Kier alpha value is -0.0800. The van der Waals surface area contributed by atoms with E-state index in [0.717, 1.165) is 5.92 Å². The highest BCUT2D eigenvalue weighted by Gasteiger charge is 2.17. The number of piperazine rings is 1. The summed E-state index contributed by atoms with van der Waals surface area (Å²) in [4.78, 5) is 2.61. The Morgan fingerprint density at radius 1 is 1.38 bits per heavy atom. The van der Waals surface area contributed by atoms with Crippen molar-refractivity contribution >= 4 is 0 Å². The summed E-state index contributed by atoms with van der Waals surface area (Å²) in [5, 5.41) is 3.48. The van der Waals surface area contributed by atoms with Crippen LogP contribution < -0.4 is 5.32 Å². The van der Waals surface area contributed by atoms with E-state index >= 15 is 0 Å². The summed E-state index contributed by atoms with van der Waals surface area (Å²) in [7, 11) is 0. The molecule has 1 rings (SSSR count). The van der Waals surface area contributed by atoms with E-state index in [9.17, 15) is 0 Å². The van der Waals surface area contributed by atoms with Gasteiger partial charge in [-0.2, -0.15) is 0 Å². The molecular formula is C11H24N2. The molecule has 0 radical (unpaired) electrons. The lowest BCUT2D eigenvalue weighted by molar-refractivity contribution is 0.174. The first-order valence-electron chi connectivity index (χ1n) is 5.72. The van der Waals surface area contributed by atoms with Gasteiger partial charge in [0.2, 0.25) is 0 Å². The first-order valence-corrected chi connectivity index (χ1v) is 5.72. The van der Waals surface area contributed by atoms with E-state index < -0.39 is 0 Å². The molecule has 1 fully saturated rings. The van der Waals surface area contributed by atoms with Crippen LogP contribution >= 0.6 is 0 Å². The maximum atomic E-state index is 3.48. The maximum Gasteiger partial charge on any atom is 0.0167 e. The number of hydrogen-bond donors (Lipinski definition) is 1. The van der Waals surface area contributed by atoms with Crippen molar-refractivity contribution in [3.63, 3.8) is 0 Å². The molecule has 78 valence electrons. The van der Waals surface area contributed by atoms with Crippen molar-refractivity contribution in [3.05, 3.63) is 0 Å². The molecule has 1 unspecified atom stereocenters. The van der Waals surface area contributed by atoms with E-state index in [1.54, 1.807) is 0 Å². The molecule has 13 heavy (non-hydrogen) atoms. The lowest BCUT2D eigenvalue weighted by Crippen LogP contribution is -2.50. The van der Waals surface area contributed by atoms with Crippen molar-refractivity contribution in [2.75, 3.05) is 26.2 Å². The Morgan fingerprint density at radius 3 is 2.62 bits per heavy atom. The minimum atomic E-state index is 0.683. The zero-order valence-corrected chi connectivity index (χ0v) is 9.34. The molecule has 1 aliphatic rings. The Morgan fingerprint density at radius 2 is 2.08 bits per heavy atom. The Bertz CT molecular complexity index is 132. The van der Waals surface area contributed by atoms with Gasteiger partial charge in [-0.25, -0.2) is 0 Å². The van der Waals surface area contributed by atoms with Crippen LogP contribution in [0.4, 0.5) is 0 Å². The van der Waals surface area contributed by atoms with Crippen molar-refractivity contribution < 1.29 is 0 Å². The topological polar surface area (TPSA) is 15.3 Å². The van der Waals surface area contributed by atoms with Crippen LogP contribution in [0.25, 0.3) is 0 Å². The second-order valence-electron chi connectivity index (χ2n) is 4.30. The van der Waals surface area contributed by atoms with Gasteiger partial charge >= 0.3 is 0 Å². The molecule has 0 aromatic rings. The molecule has 2 nitrogen and oxygen atoms in total. The molecule has 1 N–H and O–H groups in total. The molecule has 0 saturated carbocycles. The minimum absolute atomic E-state index is 0.683. The van der Waals surface area contributed by atoms with Gasteiger partial charge < -0.3 is 10.2 Å². The fraction of sp³-hybridized carbons (Fsp3) is 1.00. The zero-order valence-electron chi connectivity index (χ0n) is 9.34. The summed E-state index contributed by atoms with van der Waals surface area (Å²) in [5.74, 6) is 0.908. The molecule has 0 amide bonds. The molecule has 0 aliphatic carbocycles. The molecule has 1 atom stereocenters. The van der Waals surface area contributed by atoms with Crippen LogP contribution in [0.1, 0.15) is 33.6 Å². The van der Waals surface area contributed by atoms with Crippen LogP contribution in [0.15, 0.2) is 0 Å². The van der Waals surface area contributed by atoms with Crippen LogP contribution in [-0.4, -0.2) is 37.1 Å². The molecule has 1 heterocycles. The van der Waals surface area contributed by atoms with Crippen LogP contribution in [0, 0.1) is 5.92 Å². The smallest absolute Gasteiger partial charge is 0.0167 e. The van der Waals surface area contributed by atoms with E-state index in [1.165, 1.54) is 39.0 Å². The Labute approximate surface area is 82.7 Å². The fourth-order valence-corrected chi connectivity index (χ4v) is 2.09. The minimum Gasteiger partial charge on any atom is -0.312 e. The van der Waals surface area contributed by atoms with E-state index in [0.29, 0.717) is 6.04 Å². The first-order chi connectivity index (χ1) is 6.26. The number of nitrogens with one attached hydrogen (secondary N) is 1. The number of rotatable bonds is 4. The van der Waals surface area contributed by atoms with Gasteiger partial charge in [0, 0.05) is 32.2 Å². The van der Waals surface area contributed by atoms with Crippen LogP contribution in [-0.2, 0) is 0 Å². The monoisotopic (exact) mass is 184 g/mol. The molecule has 0 bridgehead atoms. The highest BCUT2D eigenvalue weighted by molar-refractivity contribution is 4.76. The average molecular weight is 184 g/mol. The fourth-order valence-electron chi connectivity index (χ4n) is 2.09. The van der Waals surface area contributed by atoms with Gasteiger partial charge in [0.05, 0.1) is 0 Å². The highest BCUT2D eigenvalue weighted by atomic mass is 15.2. The molecule has 1 saturated heterocycles. The van der Waals surface area contributed by atoms with E-state index in [-0.39, 0.29) is 0 Å². The predicted molar refractivity (Wildman–Crippen MR) is 58.0 cm³/mol. The summed E-state index contributed by atoms with van der Waals surface area (Å²) in [6, 6.07) is 0.683. The van der Waals surface area contributed by atoms with Crippen LogP contribution in [0.5, 0.6) is 0 Å². The molecule has 0 aromatic heterocycles. The highest BCUT2D eigenvalue weighted by Crippen LogP contribution is 2.11. The summed E-state index contributed by atoms with van der Waals surface area (Å²) in [6.45, 7) is 11.8. The largest absolute Gasteiger partial charge is 0.312 e. The third kappa shape index (κ3) is 3.65. The molecule has 0 spiro atoms. The second kappa shape index (κ2) is 5.61. The van der Waals surface area contributed by atoms with Crippen molar-refractivity contribution in [2.45, 2.75) is 39.7 Å². The SMILES string of the molecule is CCC(CC)CN1CCNC(C)C1. The Kier molecular flexibility index (Phi) is 4.74. The number of hydrogen-bond acceptors (Lipinski definition) is 2. The van der Waals surface area contributed by atoms with Gasteiger partial charge in [-0.1, -0.05) is 26.7 Å². The normalized spacial score (nSPS) is 25.4. The summed E-state index contributed by atoms with van der Waals surface area (Å²) < 4.78 is 0. The zero-order chi connectivity index (χ0) is 9.68. The third-order valence-electron chi connectivity index (χ3n) is 3.12. The molecule has 0 aromatic carbocycles. The summed E-state index contributed by atoms with van der Waals surface area (Å²) >= 11 is 0. The number of nitrogens with zero attached hydrogens (tertiary/aromatic N) is 1. The van der Waals surface area contributed by atoms with Gasteiger partial charge in [0.15, 0.2) is 0 Å². The Balaban J connectivity index is 2.26. The molecular weight excluding hydrogens is 160 g/mol. The van der Waals surface area contributed by atoms with Gasteiger partial charge in [-0.15, -0.1) is 0 Å². The van der Waals surface area contributed by atoms with Gasteiger partial charge in [-0.3, -0.25) is 0 Å². The van der Waals surface area contributed by atoms with E-state index in [2.05, 4.69) is 31.0 Å². The standard InChI is InChI=1S/C11H24N2/c1-4-11(5-2)9-13-7-6-12-10(3)8-13/h10-12H,4-9H2,1-3H3. The van der Waals surface area contributed by atoms with Crippen molar-refractivity contribution in [1.29, 1.82) is 0 Å². The quantitative estimate of drug-likeness (QED) is 0.715. The van der Waals surface area contributed by atoms with Crippen molar-refractivity contribution in [2.24, 2.45) is 5.92 Å². The van der Waals surface area contributed by atoms with Crippen molar-refractivity contribution in [1.82, 2.24) is 10.2 Å². The van der Waals surface area contributed by atoms with Crippen LogP contribution in [0.3, 0.4) is 0 Å². The lowest BCUT2D eigenvalue weighted by Gasteiger charge is -2.33. The second-order valence-corrected chi connectivity index (χ2v) is 4.30. The molecule has 1 aliphatic heterocycles.